The molecule has 0 aromatic carbocycles. The van der Waals surface area contributed by atoms with Gasteiger partial charge in [0.25, 0.3) is 0 Å². The standard InChI is InChI=1S/C3H2O2.Li/c1-2-3(4)5;/h1H,(H,4,5);. The second-order valence-corrected chi connectivity index (χ2v) is 0.449. The average molecular weight is 77.0 g/mol. The van der Waals surface area contributed by atoms with Gasteiger partial charge < -0.3 is 5.11 Å². The third kappa shape index (κ3) is 9.45. The van der Waals surface area contributed by atoms with E-state index >= 15 is 0 Å². The quantitative estimate of drug-likeness (QED) is 0.307. The first kappa shape index (κ1) is 9.16. The smallest absolute Gasteiger partial charge is 0.381 e. The van der Waals surface area contributed by atoms with Crippen molar-refractivity contribution < 1.29 is 9.90 Å². The second-order valence-electron chi connectivity index (χ2n) is 0.449. The summed E-state index contributed by atoms with van der Waals surface area (Å²) in [4.78, 5) is 9.13. The Balaban J connectivity index is 0. The fourth-order valence-electron chi connectivity index (χ4n) is 0. The van der Waals surface area contributed by atoms with Crippen LogP contribution in [0.1, 0.15) is 0 Å². The Labute approximate surface area is 47.7 Å². The molecule has 0 bridgehead atoms. The molecular formula is C3H2LiO2. The summed E-state index contributed by atoms with van der Waals surface area (Å²) in [7, 11) is 0. The van der Waals surface area contributed by atoms with E-state index in [0.717, 1.165) is 0 Å². The van der Waals surface area contributed by atoms with Gasteiger partial charge in [0.2, 0.25) is 0 Å². The molecule has 1 N–H and O–H groups in total. The predicted molar refractivity (Wildman–Crippen MR) is 22.2 cm³/mol. The van der Waals surface area contributed by atoms with Gasteiger partial charge in [-0.1, -0.05) is 0 Å². The van der Waals surface area contributed by atoms with E-state index in [1.807, 2.05) is 0 Å². The molecule has 3 heteroatoms. The molecule has 0 spiro atoms. The Kier molecular flexibility index (Phi) is 7.06. The summed E-state index contributed by atoms with van der Waals surface area (Å²) in [5.41, 5.74) is 0. The molecular weight excluding hydrogens is 75.0 g/mol. The van der Waals surface area contributed by atoms with Crippen LogP contribution in [0.4, 0.5) is 0 Å². The van der Waals surface area contributed by atoms with E-state index in [2.05, 4.69) is 6.42 Å². The van der Waals surface area contributed by atoms with E-state index in [9.17, 15) is 0 Å². The molecule has 0 aliphatic heterocycles. The minimum absolute atomic E-state index is 0. The predicted octanol–water partition coefficient (Wildman–Crippen LogP) is -0.677. The summed E-state index contributed by atoms with van der Waals surface area (Å²) in [5.74, 6) is 0.227. The Bertz CT molecular complexity index is 81.3. The summed E-state index contributed by atoms with van der Waals surface area (Å²) >= 11 is 0. The minimum atomic E-state index is -1.22. The number of hydrogen-bond acceptors (Lipinski definition) is 1. The van der Waals surface area contributed by atoms with E-state index in [-0.39, 0.29) is 18.9 Å². The molecule has 0 atom stereocenters. The molecule has 0 saturated carbocycles. The monoisotopic (exact) mass is 77.0 g/mol. The first-order chi connectivity index (χ1) is 2.27. The average Bonchev–Trinajstić information content (AvgIpc) is 1.38. The number of rotatable bonds is 0. The van der Waals surface area contributed by atoms with Crippen LogP contribution in [0.5, 0.6) is 0 Å². The molecule has 27 valence electrons. The molecule has 0 amide bonds. The summed E-state index contributed by atoms with van der Waals surface area (Å²) < 4.78 is 0. The normalized spacial score (nSPS) is 4.50. The van der Waals surface area contributed by atoms with Crippen molar-refractivity contribution in [2.45, 2.75) is 0 Å². The topological polar surface area (TPSA) is 37.3 Å². The summed E-state index contributed by atoms with van der Waals surface area (Å²) in [5, 5.41) is 7.49. The molecule has 0 unspecified atom stereocenters. The number of aliphatic carboxylic acids is 1. The Morgan fingerprint density at radius 3 is 2.00 bits per heavy atom. The Hall–Kier alpha value is -0.373. The molecule has 2 nitrogen and oxygen atoms in total. The van der Waals surface area contributed by atoms with Crippen LogP contribution in [0.2, 0.25) is 0 Å². The third-order valence-corrected chi connectivity index (χ3v) is 0.123. The molecule has 1 radical (unpaired) electrons. The molecule has 0 aromatic rings. The first-order valence-corrected chi connectivity index (χ1v) is 0.966. The molecule has 6 heavy (non-hydrogen) atoms. The number of hydrogen-bond donors (Lipinski definition) is 1. The SMILES string of the molecule is C#CC(=O)O.[Li]. The molecule has 0 rings (SSSR count). The fourth-order valence-corrected chi connectivity index (χ4v) is 0. The largest absolute Gasteiger partial charge is 0.472 e. The van der Waals surface area contributed by atoms with Gasteiger partial charge in [0.15, 0.2) is 0 Å². The van der Waals surface area contributed by atoms with Crippen molar-refractivity contribution in [1.29, 1.82) is 0 Å². The van der Waals surface area contributed by atoms with Crippen LogP contribution in [0.3, 0.4) is 0 Å². The van der Waals surface area contributed by atoms with Gasteiger partial charge in [-0.2, -0.15) is 0 Å². The van der Waals surface area contributed by atoms with Gasteiger partial charge >= 0.3 is 5.97 Å². The van der Waals surface area contributed by atoms with Crippen LogP contribution in [-0.2, 0) is 4.79 Å². The van der Waals surface area contributed by atoms with Gasteiger partial charge in [-0.15, -0.1) is 6.42 Å². The number of carbonyl (C=O) groups is 1. The first-order valence-electron chi connectivity index (χ1n) is 0.966. The molecule has 0 saturated heterocycles. The van der Waals surface area contributed by atoms with Crippen molar-refractivity contribution in [1.82, 2.24) is 0 Å². The fraction of sp³-hybridized carbons (Fsp3) is 0. The zero-order chi connectivity index (χ0) is 4.28. The van der Waals surface area contributed by atoms with Crippen LogP contribution in [0, 0.1) is 12.3 Å². The van der Waals surface area contributed by atoms with Gasteiger partial charge in [0, 0.05) is 24.8 Å². The van der Waals surface area contributed by atoms with Gasteiger partial charge in [-0.05, 0) is 0 Å². The molecule has 0 aliphatic rings. The summed E-state index contributed by atoms with van der Waals surface area (Å²) in [6.45, 7) is 0. The maximum atomic E-state index is 9.13. The van der Waals surface area contributed by atoms with Gasteiger partial charge in [0.1, 0.15) is 0 Å². The summed E-state index contributed by atoms with van der Waals surface area (Å²) in [6, 6.07) is 0. The maximum absolute atomic E-state index is 9.13. The van der Waals surface area contributed by atoms with Crippen molar-refractivity contribution >= 4 is 24.8 Å². The molecule has 0 aliphatic carbocycles. The van der Waals surface area contributed by atoms with Crippen LogP contribution < -0.4 is 0 Å². The number of carboxylic acid groups (broad SMARTS) is 1. The van der Waals surface area contributed by atoms with Crippen LogP contribution >= 0.6 is 0 Å². The van der Waals surface area contributed by atoms with Crippen molar-refractivity contribution in [2.24, 2.45) is 0 Å². The van der Waals surface area contributed by atoms with Crippen LogP contribution in [-0.4, -0.2) is 29.9 Å². The van der Waals surface area contributed by atoms with E-state index in [0.29, 0.717) is 0 Å². The maximum Gasteiger partial charge on any atom is 0.381 e. The van der Waals surface area contributed by atoms with E-state index in [1.54, 1.807) is 0 Å². The Morgan fingerprint density at radius 1 is 1.83 bits per heavy atom. The third-order valence-electron chi connectivity index (χ3n) is 0.123. The van der Waals surface area contributed by atoms with Gasteiger partial charge in [-0.3, -0.25) is 0 Å². The number of terminal acetylenes is 1. The van der Waals surface area contributed by atoms with Crippen molar-refractivity contribution in [3.8, 4) is 12.3 Å². The van der Waals surface area contributed by atoms with Crippen molar-refractivity contribution in [3.63, 3.8) is 0 Å². The minimum Gasteiger partial charge on any atom is -0.472 e. The van der Waals surface area contributed by atoms with Gasteiger partial charge in [0.05, 0.1) is 0 Å². The van der Waals surface area contributed by atoms with Crippen molar-refractivity contribution in [3.05, 3.63) is 0 Å². The van der Waals surface area contributed by atoms with Gasteiger partial charge in [-0.25, -0.2) is 4.79 Å². The zero-order valence-electron chi connectivity index (χ0n) is 3.43. The number of carboxylic acids is 1. The van der Waals surface area contributed by atoms with E-state index in [1.165, 1.54) is 5.92 Å². The van der Waals surface area contributed by atoms with Crippen LogP contribution in [0.25, 0.3) is 0 Å². The second kappa shape index (κ2) is 4.63. The zero-order valence-corrected chi connectivity index (χ0v) is 3.43. The van der Waals surface area contributed by atoms with E-state index in [4.69, 9.17) is 9.90 Å². The van der Waals surface area contributed by atoms with Crippen molar-refractivity contribution in [2.75, 3.05) is 0 Å². The summed E-state index contributed by atoms with van der Waals surface area (Å²) in [6.07, 6.45) is 4.32. The molecule has 0 aromatic heterocycles. The molecule has 0 fully saturated rings. The van der Waals surface area contributed by atoms with Crippen LogP contribution in [0.15, 0.2) is 0 Å². The molecule has 0 heterocycles. The van der Waals surface area contributed by atoms with E-state index < -0.39 is 5.97 Å². The Morgan fingerprint density at radius 2 is 2.00 bits per heavy atom.